The van der Waals surface area contributed by atoms with Gasteiger partial charge in [-0.1, -0.05) is 12.1 Å². The van der Waals surface area contributed by atoms with Gasteiger partial charge in [0.15, 0.2) is 5.69 Å². The normalized spacial score (nSPS) is 12.1. The molecule has 2 rings (SSSR count). The number of aromatic nitrogens is 2. The first-order valence-electron chi connectivity index (χ1n) is 4.08. The Morgan fingerprint density at radius 2 is 1.81 bits per heavy atom. The molecule has 0 bridgehead atoms. The van der Waals surface area contributed by atoms with Crippen molar-refractivity contribution in [3.8, 4) is 0 Å². The molecule has 0 radical (unpaired) electrons. The van der Waals surface area contributed by atoms with Crippen LogP contribution in [-0.2, 0) is 6.18 Å². The van der Waals surface area contributed by atoms with Gasteiger partial charge in [-0.05, 0) is 17.7 Å². The number of hydrogen-bond donors (Lipinski definition) is 0. The minimum Gasteiger partial charge on any atom is -0.215 e. The molecular formula is C9H3ClF4N2. The second-order valence-electron chi connectivity index (χ2n) is 2.98. The summed E-state index contributed by atoms with van der Waals surface area (Å²) in [6.07, 6.45) is -4.70. The summed E-state index contributed by atoms with van der Waals surface area (Å²) in [5.74, 6) is -0.868. The zero-order valence-electron chi connectivity index (χ0n) is 7.52. The van der Waals surface area contributed by atoms with Gasteiger partial charge in [-0.25, -0.2) is 14.4 Å². The van der Waals surface area contributed by atoms with Crippen LogP contribution in [0.5, 0.6) is 0 Å². The van der Waals surface area contributed by atoms with E-state index in [2.05, 4.69) is 9.97 Å². The van der Waals surface area contributed by atoms with Crippen LogP contribution in [-0.4, -0.2) is 9.97 Å². The van der Waals surface area contributed by atoms with Crippen molar-refractivity contribution in [1.29, 1.82) is 0 Å². The second kappa shape index (κ2) is 3.55. The molecule has 0 fully saturated rings. The number of rotatable bonds is 0. The molecule has 1 heterocycles. The van der Waals surface area contributed by atoms with Crippen LogP contribution in [0, 0.1) is 5.82 Å². The van der Waals surface area contributed by atoms with Gasteiger partial charge in [-0.3, -0.25) is 0 Å². The molecule has 0 unspecified atom stereocenters. The molecule has 0 amide bonds. The minimum absolute atomic E-state index is 0.406. The average Bonchev–Trinajstić information content (AvgIpc) is 2.17. The summed E-state index contributed by atoms with van der Waals surface area (Å²) in [5.41, 5.74) is -1.67. The maximum atomic E-state index is 13.2. The fourth-order valence-corrected chi connectivity index (χ4v) is 1.47. The summed E-state index contributed by atoms with van der Waals surface area (Å²) in [6, 6.07) is 3.26. The van der Waals surface area contributed by atoms with Gasteiger partial charge in [0.2, 0.25) is 5.28 Å². The zero-order valence-corrected chi connectivity index (χ0v) is 8.27. The lowest BCUT2D eigenvalue weighted by molar-refractivity contribution is -0.139. The first-order chi connectivity index (χ1) is 7.39. The zero-order chi connectivity index (χ0) is 11.9. The lowest BCUT2D eigenvalue weighted by Gasteiger charge is -2.09. The Bertz CT molecular complexity index is 553. The molecule has 0 aliphatic carbocycles. The van der Waals surface area contributed by atoms with Gasteiger partial charge in [0.1, 0.15) is 11.3 Å². The highest BCUT2D eigenvalue weighted by molar-refractivity contribution is 6.28. The van der Waals surface area contributed by atoms with Crippen LogP contribution in [0.25, 0.3) is 10.9 Å². The molecule has 84 valence electrons. The summed E-state index contributed by atoms with van der Waals surface area (Å²) in [6.45, 7) is 0. The highest BCUT2D eigenvalue weighted by Crippen LogP contribution is 2.33. The van der Waals surface area contributed by atoms with Crippen molar-refractivity contribution in [2.75, 3.05) is 0 Å². The summed E-state index contributed by atoms with van der Waals surface area (Å²) < 4.78 is 50.9. The van der Waals surface area contributed by atoms with Gasteiger partial charge in [-0.2, -0.15) is 13.2 Å². The first kappa shape index (κ1) is 11.1. The molecule has 7 heteroatoms. The first-order valence-corrected chi connectivity index (χ1v) is 4.46. The number of alkyl halides is 3. The third-order valence-corrected chi connectivity index (χ3v) is 2.09. The van der Waals surface area contributed by atoms with Crippen LogP contribution < -0.4 is 0 Å². The number of benzene rings is 1. The molecular weight excluding hydrogens is 248 g/mol. The summed E-state index contributed by atoms with van der Waals surface area (Å²) in [5, 5.41) is -1.04. The fraction of sp³-hybridized carbons (Fsp3) is 0.111. The molecule has 0 atom stereocenters. The summed E-state index contributed by atoms with van der Waals surface area (Å²) >= 11 is 5.31. The van der Waals surface area contributed by atoms with Crippen molar-refractivity contribution in [2.24, 2.45) is 0 Å². The van der Waals surface area contributed by atoms with Crippen LogP contribution in [0.15, 0.2) is 18.2 Å². The number of nitrogens with zero attached hydrogens (tertiary/aromatic N) is 2. The molecule has 2 nitrogen and oxygen atoms in total. The van der Waals surface area contributed by atoms with Crippen molar-refractivity contribution >= 4 is 22.5 Å². The Labute approximate surface area is 91.9 Å². The van der Waals surface area contributed by atoms with Crippen molar-refractivity contribution in [1.82, 2.24) is 9.97 Å². The van der Waals surface area contributed by atoms with E-state index in [9.17, 15) is 17.6 Å². The third-order valence-electron chi connectivity index (χ3n) is 1.92. The van der Waals surface area contributed by atoms with E-state index in [1.807, 2.05) is 0 Å². The van der Waals surface area contributed by atoms with E-state index in [1.54, 1.807) is 0 Å². The van der Waals surface area contributed by atoms with E-state index in [1.165, 1.54) is 0 Å². The van der Waals surface area contributed by atoms with Crippen LogP contribution in [0.2, 0.25) is 5.28 Å². The minimum atomic E-state index is -4.70. The molecule has 1 aromatic carbocycles. The Hall–Kier alpha value is -1.43. The average molecular weight is 251 g/mol. The van der Waals surface area contributed by atoms with Crippen molar-refractivity contribution in [3.05, 3.63) is 35.0 Å². The molecule has 0 N–H and O–H groups in total. The number of hydrogen-bond acceptors (Lipinski definition) is 2. The van der Waals surface area contributed by atoms with Crippen LogP contribution >= 0.6 is 11.6 Å². The molecule has 0 spiro atoms. The maximum absolute atomic E-state index is 13.2. The van der Waals surface area contributed by atoms with E-state index >= 15 is 0 Å². The Kier molecular flexibility index (Phi) is 2.46. The fourth-order valence-electron chi connectivity index (χ4n) is 1.31. The predicted octanol–water partition coefficient (Wildman–Crippen LogP) is 3.44. The molecule has 1 aromatic heterocycles. The molecule has 0 aliphatic rings. The van der Waals surface area contributed by atoms with E-state index < -0.39 is 33.9 Å². The van der Waals surface area contributed by atoms with Gasteiger partial charge in [-0.15, -0.1) is 0 Å². The largest absolute Gasteiger partial charge is 0.434 e. The lowest BCUT2D eigenvalue weighted by Crippen LogP contribution is -2.10. The molecule has 0 saturated heterocycles. The van der Waals surface area contributed by atoms with Gasteiger partial charge in [0, 0.05) is 5.39 Å². The topological polar surface area (TPSA) is 25.8 Å². The third kappa shape index (κ3) is 1.80. The van der Waals surface area contributed by atoms with Crippen molar-refractivity contribution in [2.45, 2.75) is 6.18 Å². The summed E-state index contributed by atoms with van der Waals surface area (Å²) in [7, 11) is 0. The van der Waals surface area contributed by atoms with Crippen LogP contribution in [0.1, 0.15) is 5.69 Å². The van der Waals surface area contributed by atoms with E-state index in [4.69, 9.17) is 11.6 Å². The monoisotopic (exact) mass is 250 g/mol. The highest BCUT2D eigenvalue weighted by atomic mass is 35.5. The van der Waals surface area contributed by atoms with Gasteiger partial charge >= 0.3 is 6.18 Å². The highest BCUT2D eigenvalue weighted by Gasteiger charge is 2.35. The standard InChI is InChI=1S/C9H3ClF4N2/c10-8-15-6-4(2-1-3-5(6)11)7(16-8)9(12,13)14/h1-3H. The Morgan fingerprint density at radius 3 is 2.44 bits per heavy atom. The number of para-hydroxylation sites is 1. The van der Waals surface area contributed by atoms with Gasteiger partial charge in [0.05, 0.1) is 0 Å². The van der Waals surface area contributed by atoms with E-state index in [0.717, 1.165) is 18.2 Å². The smallest absolute Gasteiger partial charge is 0.215 e. The molecule has 0 aliphatic heterocycles. The Morgan fingerprint density at radius 1 is 1.12 bits per heavy atom. The lowest BCUT2D eigenvalue weighted by atomic mass is 10.2. The van der Waals surface area contributed by atoms with Crippen LogP contribution in [0.4, 0.5) is 17.6 Å². The molecule has 0 saturated carbocycles. The number of fused-ring (bicyclic) bond motifs is 1. The van der Waals surface area contributed by atoms with E-state index in [0.29, 0.717) is 0 Å². The molecule has 16 heavy (non-hydrogen) atoms. The van der Waals surface area contributed by atoms with Gasteiger partial charge in [0.25, 0.3) is 0 Å². The SMILES string of the molecule is Fc1cccc2c(C(F)(F)F)nc(Cl)nc12. The molecule has 2 aromatic rings. The Balaban J connectivity index is 2.89. The maximum Gasteiger partial charge on any atom is 0.434 e. The van der Waals surface area contributed by atoms with Crippen molar-refractivity contribution in [3.63, 3.8) is 0 Å². The van der Waals surface area contributed by atoms with Crippen molar-refractivity contribution < 1.29 is 17.6 Å². The van der Waals surface area contributed by atoms with Crippen LogP contribution in [0.3, 0.4) is 0 Å². The quantitative estimate of drug-likeness (QED) is 0.529. The van der Waals surface area contributed by atoms with E-state index in [-0.39, 0.29) is 0 Å². The summed E-state index contributed by atoms with van der Waals surface area (Å²) in [4.78, 5) is 6.51. The van der Waals surface area contributed by atoms with Gasteiger partial charge < -0.3 is 0 Å². The number of halogens is 5. The second-order valence-corrected chi connectivity index (χ2v) is 3.31. The predicted molar refractivity (Wildman–Crippen MR) is 49.5 cm³/mol.